The van der Waals surface area contributed by atoms with Crippen molar-refractivity contribution in [2.45, 2.75) is 31.3 Å². The number of hydrogen-bond acceptors (Lipinski definition) is 5. The molecular formula is C25H29N5O2. The summed E-state index contributed by atoms with van der Waals surface area (Å²) in [5.74, 6) is -0.111. The molecule has 1 fully saturated rings. The fourth-order valence-corrected chi connectivity index (χ4v) is 4.06. The van der Waals surface area contributed by atoms with Gasteiger partial charge in [0.1, 0.15) is 6.04 Å². The fraction of sp³-hybridized carbons (Fsp3) is 0.320. The van der Waals surface area contributed by atoms with Crippen LogP contribution in [0.25, 0.3) is 10.9 Å². The maximum atomic E-state index is 13.2. The van der Waals surface area contributed by atoms with Crippen molar-refractivity contribution in [2.75, 3.05) is 18.4 Å². The predicted octanol–water partition coefficient (Wildman–Crippen LogP) is 2.23. The Kier molecular flexibility index (Phi) is 7.09. The summed E-state index contributed by atoms with van der Waals surface area (Å²) in [5, 5.41) is 10.1. The van der Waals surface area contributed by atoms with E-state index in [0.29, 0.717) is 31.5 Å². The van der Waals surface area contributed by atoms with Crippen molar-refractivity contribution in [1.29, 1.82) is 0 Å². The van der Waals surface area contributed by atoms with Crippen molar-refractivity contribution in [3.63, 3.8) is 0 Å². The van der Waals surface area contributed by atoms with Crippen LogP contribution in [0.15, 0.2) is 66.9 Å². The lowest BCUT2D eigenvalue weighted by molar-refractivity contribution is -0.127. The van der Waals surface area contributed by atoms with Gasteiger partial charge in [-0.05, 0) is 62.0 Å². The number of aromatic nitrogens is 1. The second-order valence-corrected chi connectivity index (χ2v) is 8.28. The first-order valence-electron chi connectivity index (χ1n) is 11.1. The van der Waals surface area contributed by atoms with Gasteiger partial charge in [0.05, 0.1) is 11.6 Å². The highest BCUT2D eigenvalue weighted by molar-refractivity contribution is 5.99. The van der Waals surface area contributed by atoms with Gasteiger partial charge in [0.15, 0.2) is 0 Å². The molecule has 3 atom stereocenters. The van der Waals surface area contributed by atoms with Crippen LogP contribution in [-0.2, 0) is 16.0 Å². The van der Waals surface area contributed by atoms with E-state index in [-0.39, 0.29) is 23.8 Å². The van der Waals surface area contributed by atoms with Crippen LogP contribution in [0.2, 0.25) is 0 Å². The zero-order valence-corrected chi connectivity index (χ0v) is 18.0. The summed E-state index contributed by atoms with van der Waals surface area (Å²) in [6.45, 7) is 1.27. The van der Waals surface area contributed by atoms with Crippen molar-refractivity contribution in [3.05, 3.63) is 72.4 Å². The molecule has 1 saturated heterocycles. The first kappa shape index (κ1) is 21.9. The SMILES string of the molecule is NCC1CNC(C(=O)NC(CCc2ccccc2)C(=O)Nc2ccc3cccnc3c2)C1. The molecule has 1 aromatic heterocycles. The third-order valence-electron chi connectivity index (χ3n) is 5.94. The van der Waals surface area contributed by atoms with Crippen LogP contribution in [-0.4, -0.2) is 42.0 Å². The molecule has 166 valence electrons. The Morgan fingerprint density at radius 3 is 2.75 bits per heavy atom. The summed E-state index contributed by atoms with van der Waals surface area (Å²) in [5.41, 5.74) is 8.32. The van der Waals surface area contributed by atoms with E-state index < -0.39 is 6.04 Å². The van der Waals surface area contributed by atoms with Gasteiger partial charge < -0.3 is 21.7 Å². The van der Waals surface area contributed by atoms with Crippen molar-refractivity contribution in [1.82, 2.24) is 15.6 Å². The smallest absolute Gasteiger partial charge is 0.246 e. The zero-order chi connectivity index (χ0) is 22.3. The number of nitrogens with zero attached hydrogens (tertiary/aromatic N) is 1. The van der Waals surface area contributed by atoms with Gasteiger partial charge in [-0.1, -0.05) is 42.5 Å². The van der Waals surface area contributed by atoms with Gasteiger partial charge in [-0.2, -0.15) is 0 Å². The molecule has 7 nitrogen and oxygen atoms in total. The van der Waals surface area contributed by atoms with E-state index in [2.05, 4.69) is 20.9 Å². The molecule has 0 aliphatic carbocycles. The molecule has 4 rings (SSSR count). The molecule has 0 saturated carbocycles. The van der Waals surface area contributed by atoms with Crippen LogP contribution >= 0.6 is 0 Å². The number of rotatable bonds is 8. The Morgan fingerprint density at radius 1 is 1.12 bits per heavy atom. The number of pyridine rings is 1. The van der Waals surface area contributed by atoms with Gasteiger partial charge in [0.2, 0.25) is 11.8 Å². The van der Waals surface area contributed by atoms with Crippen molar-refractivity contribution in [2.24, 2.45) is 11.7 Å². The lowest BCUT2D eigenvalue weighted by Gasteiger charge is -2.21. The topological polar surface area (TPSA) is 109 Å². The fourth-order valence-electron chi connectivity index (χ4n) is 4.06. The molecule has 3 aromatic rings. The maximum Gasteiger partial charge on any atom is 0.246 e. The minimum absolute atomic E-state index is 0.158. The van der Waals surface area contributed by atoms with E-state index >= 15 is 0 Å². The second kappa shape index (κ2) is 10.3. The third kappa shape index (κ3) is 5.49. The molecular weight excluding hydrogens is 402 g/mol. The van der Waals surface area contributed by atoms with Gasteiger partial charge >= 0.3 is 0 Å². The summed E-state index contributed by atoms with van der Waals surface area (Å²) >= 11 is 0. The molecule has 2 aromatic carbocycles. The van der Waals surface area contributed by atoms with Crippen LogP contribution in [0.5, 0.6) is 0 Å². The van der Waals surface area contributed by atoms with E-state index in [1.165, 1.54) is 0 Å². The molecule has 7 heteroatoms. The van der Waals surface area contributed by atoms with E-state index in [1.54, 1.807) is 6.20 Å². The Labute approximate surface area is 187 Å². The summed E-state index contributed by atoms with van der Waals surface area (Å²) < 4.78 is 0. The summed E-state index contributed by atoms with van der Waals surface area (Å²) in [7, 11) is 0. The molecule has 32 heavy (non-hydrogen) atoms. The Morgan fingerprint density at radius 2 is 1.97 bits per heavy atom. The molecule has 0 spiro atoms. The number of benzene rings is 2. The standard InChI is InChI=1S/C25H29N5O2/c26-15-18-13-23(28-16-18)25(32)30-21(11-8-17-5-2-1-3-6-17)24(31)29-20-10-9-19-7-4-12-27-22(19)14-20/h1-7,9-10,12,14,18,21,23,28H,8,11,13,15-16,26H2,(H,29,31)(H,30,32). The molecule has 2 amide bonds. The highest BCUT2D eigenvalue weighted by Gasteiger charge is 2.31. The third-order valence-corrected chi connectivity index (χ3v) is 5.94. The molecule has 0 radical (unpaired) electrons. The molecule has 1 aliphatic rings. The van der Waals surface area contributed by atoms with Gasteiger partial charge in [-0.15, -0.1) is 0 Å². The number of anilines is 1. The Balaban J connectivity index is 1.46. The first-order valence-corrected chi connectivity index (χ1v) is 11.1. The van der Waals surface area contributed by atoms with Crippen molar-refractivity contribution < 1.29 is 9.59 Å². The number of aryl methyl sites for hydroxylation is 1. The number of nitrogens with two attached hydrogens (primary N) is 1. The largest absolute Gasteiger partial charge is 0.343 e. The highest BCUT2D eigenvalue weighted by Crippen LogP contribution is 2.18. The Bertz CT molecular complexity index is 1070. The minimum atomic E-state index is -0.652. The lowest BCUT2D eigenvalue weighted by Crippen LogP contribution is -2.50. The molecule has 2 heterocycles. The van der Waals surface area contributed by atoms with E-state index in [4.69, 9.17) is 5.73 Å². The number of hydrogen-bond donors (Lipinski definition) is 4. The van der Waals surface area contributed by atoms with Crippen LogP contribution in [0, 0.1) is 5.92 Å². The van der Waals surface area contributed by atoms with E-state index in [9.17, 15) is 9.59 Å². The molecule has 3 unspecified atom stereocenters. The highest BCUT2D eigenvalue weighted by atomic mass is 16.2. The number of nitrogens with one attached hydrogen (secondary N) is 3. The number of fused-ring (bicyclic) bond motifs is 1. The normalized spacial score (nSPS) is 18.9. The maximum absolute atomic E-state index is 13.2. The van der Waals surface area contributed by atoms with Gasteiger partial charge in [-0.3, -0.25) is 14.6 Å². The molecule has 5 N–H and O–H groups in total. The predicted molar refractivity (Wildman–Crippen MR) is 126 cm³/mol. The lowest BCUT2D eigenvalue weighted by atomic mass is 10.0. The monoisotopic (exact) mass is 431 g/mol. The second-order valence-electron chi connectivity index (χ2n) is 8.28. The minimum Gasteiger partial charge on any atom is -0.343 e. The summed E-state index contributed by atoms with van der Waals surface area (Å²) in [6, 6.07) is 18.4. The van der Waals surface area contributed by atoms with E-state index in [0.717, 1.165) is 23.0 Å². The summed E-state index contributed by atoms with van der Waals surface area (Å²) in [4.78, 5) is 30.4. The van der Waals surface area contributed by atoms with Gasteiger partial charge in [0.25, 0.3) is 0 Å². The number of carbonyl (C=O) groups is 2. The van der Waals surface area contributed by atoms with Crippen LogP contribution in [0.3, 0.4) is 0 Å². The average Bonchev–Trinajstić information content (AvgIpc) is 3.32. The molecule has 0 bridgehead atoms. The number of carbonyl (C=O) groups excluding carboxylic acids is 2. The van der Waals surface area contributed by atoms with Crippen molar-refractivity contribution in [3.8, 4) is 0 Å². The van der Waals surface area contributed by atoms with Gasteiger partial charge in [-0.25, -0.2) is 0 Å². The molecule has 1 aliphatic heterocycles. The van der Waals surface area contributed by atoms with Crippen molar-refractivity contribution >= 4 is 28.4 Å². The number of amides is 2. The Hall–Kier alpha value is -3.29. The van der Waals surface area contributed by atoms with Gasteiger partial charge in [0, 0.05) is 17.3 Å². The van der Waals surface area contributed by atoms with Crippen LogP contribution in [0.4, 0.5) is 5.69 Å². The average molecular weight is 432 g/mol. The van der Waals surface area contributed by atoms with E-state index in [1.807, 2.05) is 60.7 Å². The van der Waals surface area contributed by atoms with Crippen LogP contribution < -0.4 is 21.7 Å². The van der Waals surface area contributed by atoms with Crippen LogP contribution in [0.1, 0.15) is 18.4 Å². The summed E-state index contributed by atoms with van der Waals surface area (Å²) in [6.07, 6.45) is 3.59. The first-order chi connectivity index (χ1) is 15.6. The quantitative estimate of drug-likeness (QED) is 0.437. The zero-order valence-electron chi connectivity index (χ0n) is 18.0.